The molecule has 1 N–H and O–H groups in total. The largest absolute Gasteiger partial charge is 0.389 e. The van der Waals surface area contributed by atoms with E-state index >= 15 is 0 Å². The molecule has 140 valence electrons. The van der Waals surface area contributed by atoms with Gasteiger partial charge in [-0.3, -0.25) is 24.6 Å². The number of rotatable bonds is 7. The zero-order chi connectivity index (χ0) is 19.6. The van der Waals surface area contributed by atoms with E-state index in [1.54, 1.807) is 24.3 Å². The Morgan fingerprint density at radius 3 is 2.59 bits per heavy atom. The molecule has 1 heterocycles. The van der Waals surface area contributed by atoms with Crippen molar-refractivity contribution in [2.75, 3.05) is 13.2 Å². The number of nitro groups is 1. The first-order valence-corrected chi connectivity index (χ1v) is 8.40. The number of carbonyl (C=O) groups excluding carboxylic acids is 2. The molecule has 27 heavy (non-hydrogen) atoms. The van der Waals surface area contributed by atoms with Gasteiger partial charge < -0.3 is 9.84 Å². The SMILES string of the molecule is O=C1c2cccc([N+](=O)[O-])c2C(=O)N1CC(O)COCc1ccccc1Cl. The maximum absolute atomic E-state index is 12.4. The lowest BCUT2D eigenvalue weighted by molar-refractivity contribution is -0.385. The third-order valence-corrected chi connectivity index (χ3v) is 4.46. The first kappa shape index (κ1) is 19.0. The number of imide groups is 1. The minimum Gasteiger partial charge on any atom is -0.389 e. The number of hydrogen-bond acceptors (Lipinski definition) is 6. The van der Waals surface area contributed by atoms with Crippen LogP contribution in [-0.2, 0) is 11.3 Å². The Hall–Kier alpha value is -2.81. The predicted molar refractivity (Wildman–Crippen MR) is 95.6 cm³/mol. The van der Waals surface area contributed by atoms with Crippen LogP contribution in [0.3, 0.4) is 0 Å². The Balaban J connectivity index is 1.63. The number of benzene rings is 2. The van der Waals surface area contributed by atoms with Crippen molar-refractivity contribution >= 4 is 29.1 Å². The van der Waals surface area contributed by atoms with Crippen molar-refractivity contribution in [2.24, 2.45) is 0 Å². The zero-order valence-electron chi connectivity index (χ0n) is 14.0. The van der Waals surface area contributed by atoms with Crippen molar-refractivity contribution < 1.29 is 24.4 Å². The fourth-order valence-corrected chi connectivity index (χ4v) is 3.01. The molecule has 8 nitrogen and oxygen atoms in total. The van der Waals surface area contributed by atoms with E-state index in [1.165, 1.54) is 12.1 Å². The fourth-order valence-electron chi connectivity index (χ4n) is 2.82. The number of nitrogens with zero attached hydrogens (tertiary/aromatic N) is 2. The molecule has 2 aromatic carbocycles. The van der Waals surface area contributed by atoms with Crippen LogP contribution in [0, 0.1) is 10.1 Å². The highest BCUT2D eigenvalue weighted by molar-refractivity contribution is 6.31. The van der Waals surface area contributed by atoms with Gasteiger partial charge in [-0.25, -0.2) is 0 Å². The summed E-state index contributed by atoms with van der Waals surface area (Å²) in [6.45, 7) is -0.308. The normalized spacial score (nSPS) is 14.4. The average molecular weight is 391 g/mol. The highest BCUT2D eigenvalue weighted by atomic mass is 35.5. The maximum Gasteiger partial charge on any atom is 0.282 e. The molecule has 0 aliphatic carbocycles. The van der Waals surface area contributed by atoms with E-state index in [2.05, 4.69) is 0 Å². The molecular weight excluding hydrogens is 376 g/mol. The summed E-state index contributed by atoms with van der Waals surface area (Å²) in [6, 6.07) is 10.9. The third-order valence-electron chi connectivity index (χ3n) is 4.09. The summed E-state index contributed by atoms with van der Waals surface area (Å²) in [4.78, 5) is 36.0. The molecule has 0 saturated heterocycles. The summed E-state index contributed by atoms with van der Waals surface area (Å²) < 4.78 is 5.39. The van der Waals surface area contributed by atoms with E-state index in [1.807, 2.05) is 0 Å². The maximum atomic E-state index is 12.4. The Kier molecular flexibility index (Phi) is 5.50. The minimum atomic E-state index is -1.14. The summed E-state index contributed by atoms with van der Waals surface area (Å²) >= 11 is 6.01. The summed E-state index contributed by atoms with van der Waals surface area (Å²) in [6.07, 6.45) is -1.14. The lowest BCUT2D eigenvalue weighted by Gasteiger charge is -2.18. The Morgan fingerprint density at radius 2 is 1.89 bits per heavy atom. The second-order valence-electron chi connectivity index (χ2n) is 5.94. The van der Waals surface area contributed by atoms with Gasteiger partial charge in [-0.15, -0.1) is 0 Å². The molecule has 1 aliphatic heterocycles. The van der Waals surface area contributed by atoms with Crippen LogP contribution in [0.4, 0.5) is 5.69 Å². The first-order valence-electron chi connectivity index (χ1n) is 8.03. The van der Waals surface area contributed by atoms with Gasteiger partial charge in [0, 0.05) is 11.1 Å². The highest BCUT2D eigenvalue weighted by Crippen LogP contribution is 2.30. The van der Waals surface area contributed by atoms with Gasteiger partial charge in [-0.2, -0.15) is 0 Å². The molecule has 2 aromatic rings. The zero-order valence-corrected chi connectivity index (χ0v) is 14.8. The summed E-state index contributed by atoms with van der Waals surface area (Å²) in [5.74, 6) is -1.48. The molecule has 1 unspecified atom stereocenters. The number of β-amino-alcohol motifs (C(OH)–C–C–N with tert-alkyl or cyclic N) is 1. The van der Waals surface area contributed by atoms with Gasteiger partial charge in [0.15, 0.2) is 0 Å². The van der Waals surface area contributed by atoms with E-state index in [0.717, 1.165) is 16.5 Å². The molecule has 1 aliphatic rings. The molecule has 0 fully saturated rings. The minimum absolute atomic E-state index is 0.0432. The average Bonchev–Trinajstić information content (AvgIpc) is 2.88. The van der Waals surface area contributed by atoms with Gasteiger partial charge in [0.1, 0.15) is 5.56 Å². The predicted octanol–water partition coefficient (Wildman–Crippen LogP) is 2.42. The van der Waals surface area contributed by atoms with Gasteiger partial charge in [0.2, 0.25) is 0 Å². The summed E-state index contributed by atoms with van der Waals surface area (Å²) in [7, 11) is 0. The second kappa shape index (κ2) is 7.83. The van der Waals surface area contributed by atoms with Crippen molar-refractivity contribution in [1.29, 1.82) is 0 Å². The monoisotopic (exact) mass is 390 g/mol. The van der Waals surface area contributed by atoms with E-state index in [4.69, 9.17) is 16.3 Å². The topological polar surface area (TPSA) is 110 Å². The van der Waals surface area contributed by atoms with Gasteiger partial charge in [-0.05, 0) is 17.7 Å². The molecule has 0 aromatic heterocycles. The number of nitro benzene ring substituents is 1. The van der Waals surface area contributed by atoms with Gasteiger partial charge in [0.25, 0.3) is 17.5 Å². The molecular formula is C18H15ClN2O6. The number of carbonyl (C=O) groups is 2. The van der Waals surface area contributed by atoms with Crippen molar-refractivity contribution in [1.82, 2.24) is 4.90 Å². The standard InChI is InChI=1S/C18H15ClN2O6/c19-14-6-2-1-4-11(14)9-27-10-12(22)8-20-17(23)13-5-3-7-15(21(25)26)16(13)18(20)24/h1-7,12,22H,8-10H2. The second-order valence-corrected chi connectivity index (χ2v) is 6.35. The van der Waals surface area contributed by atoms with Crippen molar-refractivity contribution in [3.8, 4) is 0 Å². The lowest BCUT2D eigenvalue weighted by Crippen LogP contribution is -2.38. The first-order chi connectivity index (χ1) is 12.9. The molecule has 0 radical (unpaired) electrons. The van der Waals surface area contributed by atoms with Gasteiger partial charge >= 0.3 is 0 Å². The van der Waals surface area contributed by atoms with Crippen LogP contribution in [0.15, 0.2) is 42.5 Å². The molecule has 0 saturated carbocycles. The molecule has 1 atom stereocenters. The van der Waals surface area contributed by atoms with Crippen molar-refractivity contribution in [2.45, 2.75) is 12.7 Å². The van der Waals surface area contributed by atoms with Crippen molar-refractivity contribution in [3.63, 3.8) is 0 Å². The van der Waals surface area contributed by atoms with E-state index < -0.39 is 28.5 Å². The van der Waals surface area contributed by atoms with Crippen LogP contribution in [0.5, 0.6) is 0 Å². The molecule has 2 amide bonds. The smallest absolute Gasteiger partial charge is 0.282 e. The molecule has 9 heteroatoms. The number of ether oxygens (including phenoxy) is 1. The van der Waals surface area contributed by atoms with Crippen LogP contribution < -0.4 is 0 Å². The Labute approximate surface area is 159 Å². The van der Waals surface area contributed by atoms with Gasteiger partial charge in [-0.1, -0.05) is 35.9 Å². The molecule has 3 rings (SSSR count). The Bertz CT molecular complexity index is 916. The number of aliphatic hydroxyl groups is 1. The van der Waals surface area contributed by atoms with E-state index in [9.17, 15) is 24.8 Å². The van der Waals surface area contributed by atoms with Crippen LogP contribution in [0.2, 0.25) is 5.02 Å². The quantitative estimate of drug-likeness (QED) is 0.441. The number of aliphatic hydroxyl groups excluding tert-OH is 1. The summed E-state index contributed by atoms with van der Waals surface area (Å²) in [5, 5.41) is 21.7. The van der Waals surface area contributed by atoms with E-state index in [0.29, 0.717) is 5.02 Å². The van der Waals surface area contributed by atoms with Crippen LogP contribution >= 0.6 is 11.6 Å². The third kappa shape index (κ3) is 3.82. The lowest BCUT2D eigenvalue weighted by atomic mass is 10.1. The van der Waals surface area contributed by atoms with Crippen molar-refractivity contribution in [3.05, 3.63) is 74.3 Å². The summed E-state index contributed by atoms with van der Waals surface area (Å²) in [5.41, 5.74) is 0.00982. The number of hydrogen-bond donors (Lipinski definition) is 1. The molecule has 0 bridgehead atoms. The number of amides is 2. The van der Waals surface area contributed by atoms with Crippen LogP contribution in [0.1, 0.15) is 26.3 Å². The number of fused-ring (bicyclic) bond motifs is 1. The Morgan fingerprint density at radius 1 is 1.15 bits per heavy atom. The van der Waals surface area contributed by atoms with E-state index in [-0.39, 0.29) is 30.9 Å². The van der Waals surface area contributed by atoms with Gasteiger partial charge in [0.05, 0.1) is 36.3 Å². The molecule has 0 spiro atoms. The number of halogens is 1. The van der Waals surface area contributed by atoms with Crippen LogP contribution in [-0.4, -0.2) is 46.0 Å². The van der Waals surface area contributed by atoms with Crippen LogP contribution in [0.25, 0.3) is 0 Å². The highest BCUT2D eigenvalue weighted by Gasteiger charge is 2.41. The fraction of sp³-hybridized carbons (Fsp3) is 0.222.